The minimum atomic E-state index is -0.505. The van der Waals surface area contributed by atoms with Crippen LogP contribution in [0.25, 0.3) is 0 Å². The van der Waals surface area contributed by atoms with Crippen molar-refractivity contribution in [3.63, 3.8) is 0 Å². The molecule has 2 rings (SSSR count). The topological polar surface area (TPSA) is 81.1 Å². The van der Waals surface area contributed by atoms with Gasteiger partial charge in [0.2, 0.25) is 0 Å². The van der Waals surface area contributed by atoms with E-state index in [4.69, 9.17) is 9.47 Å². The third-order valence-corrected chi connectivity index (χ3v) is 3.91. The number of benzene rings is 2. The highest BCUT2D eigenvalue weighted by molar-refractivity contribution is 5.94. The molecule has 2 aromatic carbocycles. The van der Waals surface area contributed by atoms with Gasteiger partial charge < -0.3 is 19.7 Å². The highest BCUT2D eigenvalue weighted by atomic mass is 16.5. The predicted molar refractivity (Wildman–Crippen MR) is 102 cm³/mol. The summed E-state index contributed by atoms with van der Waals surface area (Å²) in [6.45, 7) is 1.25. The highest BCUT2D eigenvalue weighted by Crippen LogP contribution is 2.28. The first-order chi connectivity index (χ1) is 13.0. The number of ether oxygens (including phenoxy) is 2. The standard InChI is InChI=1S/C20H25N3O4/c1-21-20(25)22-19(24)13-23(2)12-16-9-10-17(18(11-16)26-3)27-14-15-7-5-4-6-8-15/h4-11H,12-14H2,1-3H3,(H2,21,22,24,25)/p+1. The van der Waals surface area contributed by atoms with Gasteiger partial charge in [-0.25, -0.2) is 4.79 Å². The van der Waals surface area contributed by atoms with Crippen molar-refractivity contribution < 1.29 is 24.0 Å². The number of urea groups is 1. The number of carbonyl (C=O) groups excluding carboxylic acids is 2. The molecule has 0 fully saturated rings. The molecule has 0 saturated heterocycles. The lowest BCUT2D eigenvalue weighted by molar-refractivity contribution is -0.885. The molecule has 0 bridgehead atoms. The van der Waals surface area contributed by atoms with Crippen LogP contribution in [0, 0.1) is 0 Å². The van der Waals surface area contributed by atoms with Gasteiger partial charge in [0.05, 0.1) is 14.2 Å². The van der Waals surface area contributed by atoms with Crippen molar-refractivity contribution in [3.05, 3.63) is 59.7 Å². The fourth-order valence-corrected chi connectivity index (χ4v) is 2.59. The Bertz CT molecular complexity index is 765. The van der Waals surface area contributed by atoms with E-state index in [9.17, 15) is 9.59 Å². The third-order valence-electron chi connectivity index (χ3n) is 3.91. The lowest BCUT2D eigenvalue weighted by atomic mass is 10.2. The van der Waals surface area contributed by atoms with Crippen LogP contribution in [0.5, 0.6) is 11.5 Å². The zero-order chi connectivity index (χ0) is 19.6. The van der Waals surface area contributed by atoms with Crippen molar-refractivity contribution in [3.8, 4) is 11.5 Å². The van der Waals surface area contributed by atoms with E-state index in [0.29, 0.717) is 24.7 Å². The summed E-state index contributed by atoms with van der Waals surface area (Å²) >= 11 is 0. The first-order valence-electron chi connectivity index (χ1n) is 8.68. The van der Waals surface area contributed by atoms with Crippen LogP contribution < -0.4 is 25.0 Å². The fourth-order valence-electron chi connectivity index (χ4n) is 2.59. The molecule has 0 aromatic heterocycles. The lowest BCUT2D eigenvalue weighted by Crippen LogP contribution is -3.09. The maximum atomic E-state index is 11.8. The number of carbonyl (C=O) groups is 2. The van der Waals surface area contributed by atoms with Crippen molar-refractivity contribution >= 4 is 11.9 Å². The molecule has 7 nitrogen and oxygen atoms in total. The van der Waals surface area contributed by atoms with Crippen LogP contribution in [0.4, 0.5) is 4.79 Å². The molecule has 1 unspecified atom stereocenters. The average molecular weight is 372 g/mol. The lowest BCUT2D eigenvalue weighted by Gasteiger charge is -2.16. The van der Waals surface area contributed by atoms with E-state index in [2.05, 4.69) is 10.6 Å². The first kappa shape index (κ1) is 20.3. The second kappa shape index (κ2) is 10.2. The number of methoxy groups -OCH3 is 1. The van der Waals surface area contributed by atoms with Crippen molar-refractivity contribution in [2.45, 2.75) is 13.2 Å². The Morgan fingerprint density at radius 2 is 1.78 bits per heavy atom. The van der Waals surface area contributed by atoms with Gasteiger partial charge in [-0.1, -0.05) is 30.3 Å². The molecule has 3 amide bonds. The van der Waals surface area contributed by atoms with Gasteiger partial charge in [-0.3, -0.25) is 10.1 Å². The van der Waals surface area contributed by atoms with E-state index in [-0.39, 0.29) is 12.5 Å². The van der Waals surface area contributed by atoms with Crippen LogP contribution in [-0.2, 0) is 17.9 Å². The molecule has 144 valence electrons. The van der Waals surface area contributed by atoms with E-state index in [1.54, 1.807) is 7.11 Å². The Balaban J connectivity index is 1.94. The van der Waals surface area contributed by atoms with Gasteiger partial charge in [0, 0.05) is 12.6 Å². The van der Waals surface area contributed by atoms with Gasteiger partial charge >= 0.3 is 6.03 Å². The SMILES string of the molecule is CNC(=O)NC(=O)C[NH+](C)Cc1ccc(OCc2ccccc2)c(OC)c1. The number of hydrogen-bond acceptors (Lipinski definition) is 4. The second-order valence-electron chi connectivity index (χ2n) is 6.20. The molecule has 0 spiro atoms. The molecule has 3 N–H and O–H groups in total. The van der Waals surface area contributed by atoms with Crippen molar-refractivity contribution in [1.29, 1.82) is 0 Å². The van der Waals surface area contributed by atoms with Gasteiger partial charge in [-0.2, -0.15) is 0 Å². The van der Waals surface area contributed by atoms with Gasteiger partial charge in [0.15, 0.2) is 18.0 Å². The van der Waals surface area contributed by atoms with E-state index >= 15 is 0 Å². The minimum Gasteiger partial charge on any atom is -0.493 e. The molecule has 0 aliphatic rings. The molecule has 0 radical (unpaired) electrons. The summed E-state index contributed by atoms with van der Waals surface area (Å²) in [7, 11) is 4.95. The van der Waals surface area contributed by atoms with Gasteiger partial charge in [0.25, 0.3) is 5.91 Å². The molecule has 0 saturated carbocycles. The van der Waals surface area contributed by atoms with Gasteiger partial charge in [-0.15, -0.1) is 0 Å². The van der Waals surface area contributed by atoms with E-state index in [1.165, 1.54) is 7.05 Å². The maximum Gasteiger partial charge on any atom is 0.321 e. The summed E-state index contributed by atoms with van der Waals surface area (Å²) in [6, 6.07) is 15.1. The van der Waals surface area contributed by atoms with Crippen LogP contribution in [0.2, 0.25) is 0 Å². The van der Waals surface area contributed by atoms with Crippen molar-refractivity contribution in [1.82, 2.24) is 10.6 Å². The predicted octanol–water partition coefficient (Wildman–Crippen LogP) is 0.745. The van der Waals surface area contributed by atoms with Crippen molar-refractivity contribution in [2.75, 3.05) is 27.7 Å². The molecule has 0 aliphatic carbocycles. The van der Waals surface area contributed by atoms with Crippen LogP contribution in [0.15, 0.2) is 48.5 Å². The van der Waals surface area contributed by atoms with Crippen molar-refractivity contribution in [2.24, 2.45) is 0 Å². The molecular formula is C20H26N3O4+. The number of rotatable bonds is 8. The zero-order valence-corrected chi connectivity index (χ0v) is 15.9. The van der Waals surface area contributed by atoms with E-state index in [1.807, 2.05) is 55.6 Å². The Morgan fingerprint density at radius 1 is 1.04 bits per heavy atom. The maximum absolute atomic E-state index is 11.8. The Morgan fingerprint density at radius 3 is 2.44 bits per heavy atom. The largest absolute Gasteiger partial charge is 0.493 e. The van der Waals surface area contributed by atoms with E-state index in [0.717, 1.165) is 16.0 Å². The molecule has 7 heteroatoms. The molecule has 2 aromatic rings. The monoisotopic (exact) mass is 372 g/mol. The molecular weight excluding hydrogens is 346 g/mol. The second-order valence-corrected chi connectivity index (χ2v) is 6.20. The van der Waals surface area contributed by atoms with Gasteiger partial charge in [-0.05, 0) is 23.8 Å². The molecule has 0 aliphatic heterocycles. The molecule has 1 atom stereocenters. The zero-order valence-electron chi connectivity index (χ0n) is 15.9. The summed E-state index contributed by atoms with van der Waals surface area (Å²) in [4.78, 5) is 23.9. The average Bonchev–Trinajstić information content (AvgIpc) is 2.67. The fraction of sp³-hybridized carbons (Fsp3) is 0.300. The number of nitrogens with one attached hydrogen (secondary N) is 3. The number of hydrogen-bond donors (Lipinski definition) is 3. The van der Waals surface area contributed by atoms with Crippen LogP contribution in [-0.4, -0.2) is 39.7 Å². The summed E-state index contributed by atoms with van der Waals surface area (Å²) in [6.07, 6.45) is 0. The van der Waals surface area contributed by atoms with E-state index < -0.39 is 6.03 Å². The number of imide groups is 1. The summed E-state index contributed by atoms with van der Waals surface area (Å²) in [5.41, 5.74) is 2.08. The molecule has 27 heavy (non-hydrogen) atoms. The Kier molecular flexibility index (Phi) is 7.63. The molecule has 0 heterocycles. The summed E-state index contributed by atoms with van der Waals surface area (Å²) in [5, 5.41) is 4.61. The van der Waals surface area contributed by atoms with Crippen LogP contribution >= 0.6 is 0 Å². The number of likely N-dealkylation sites (N-methyl/N-ethyl adjacent to an activating group) is 1. The summed E-state index contributed by atoms with van der Waals surface area (Å²) < 4.78 is 11.3. The normalized spacial score (nSPS) is 11.4. The summed E-state index contributed by atoms with van der Waals surface area (Å²) in [5.74, 6) is 0.979. The highest BCUT2D eigenvalue weighted by Gasteiger charge is 2.14. The Labute approximate surface area is 159 Å². The minimum absolute atomic E-state index is 0.183. The first-order valence-corrected chi connectivity index (χ1v) is 8.68. The smallest absolute Gasteiger partial charge is 0.321 e. The Hall–Kier alpha value is -3.06. The van der Waals surface area contributed by atoms with Crippen LogP contribution in [0.1, 0.15) is 11.1 Å². The van der Waals surface area contributed by atoms with Gasteiger partial charge in [0.1, 0.15) is 13.2 Å². The quantitative estimate of drug-likeness (QED) is 0.639. The number of quaternary nitrogens is 1. The number of amides is 3. The third kappa shape index (κ3) is 6.63. The van der Waals surface area contributed by atoms with Crippen LogP contribution in [0.3, 0.4) is 0 Å².